The van der Waals surface area contributed by atoms with Crippen LogP contribution in [-0.4, -0.2) is 15.9 Å². The van der Waals surface area contributed by atoms with Crippen LogP contribution in [0.4, 0.5) is 5.13 Å². The first-order chi connectivity index (χ1) is 10.8. The number of nitriles is 1. The Hall–Kier alpha value is -3.04. The summed E-state index contributed by atoms with van der Waals surface area (Å²) in [6.45, 7) is 0. The van der Waals surface area contributed by atoms with E-state index in [4.69, 9.17) is 5.26 Å². The smallest absolute Gasteiger partial charge is 0.257 e. The van der Waals surface area contributed by atoms with E-state index in [2.05, 4.69) is 21.4 Å². The molecule has 0 saturated carbocycles. The molecule has 1 N–H and O–H groups in total. The molecular weight excluding hydrogens is 296 g/mol. The van der Waals surface area contributed by atoms with Crippen molar-refractivity contribution < 1.29 is 4.79 Å². The van der Waals surface area contributed by atoms with Crippen molar-refractivity contribution >= 4 is 22.4 Å². The number of benzene rings is 1. The molecule has 6 heteroatoms. The van der Waals surface area contributed by atoms with Gasteiger partial charge in [-0.3, -0.25) is 15.1 Å². The van der Waals surface area contributed by atoms with Crippen molar-refractivity contribution in [2.75, 3.05) is 5.32 Å². The van der Waals surface area contributed by atoms with Crippen LogP contribution in [0, 0.1) is 11.3 Å². The molecule has 0 aliphatic carbocycles. The highest BCUT2D eigenvalue weighted by atomic mass is 32.1. The molecule has 0 bridgehead atoms. The van der Waals surface area contributed by atoms with Crippen LogP contribution in [0.2, 0.25) is 0 Å². The first-order valence-electron chi connectivity index (χ1n) is 6.44. The number of thiazole rings is 1. The zero-order valence-electron chi connectivity index (χ0n) is 11.4. The predicted molar refractivity (Wildman–Crippen MR) is 84.5 cm³/mol. The summed E-state index contributed by atoms with van der Waals surface area (Å²) in [5, 5.41) is 13.9. The first kappa shape index (κ1) is 13.9. The van der Waals surface area contributed by atoms with Gasteiger partial charge in [0.05, 0.1) is 17.3 Å². The van der Waals surface area contributed by atoms with Gasteiger partial charge >= 0.3 is 0 Å². The molecule has 0 radical (unpaired) electrons. The number of pyridine rings is 1. The lowest BCUT2D eigenvalue weighted by molar-refractivity contribution is 0.102. The third-order valence-corrected chi connectivity index (χ3v) is 3.73. The highest BCUT2D eigenvalue weighted by Gasteiger charge is 2.09. The Kier molecular flexibility index (Phi) is 3.90. The highest BCUT2D eigenvalue weighted by Crippen LogP contribution is 2.25. The molecule has 5 nitrogen and oxygen atoms in total. The number of hydrogen-bond acceptors (Lipinski definition) is 5. The van der Waals surface area contributed by atoms with Gasteiger partial charge in [-0.2, -0.15) is 5.26 Å². The Morgan fingerprint density at radius 1 is 1.14 bits per heavy atom. The minimum atomic E-state index is -0.219. The van der Waals surface area contributed by atoms with Crippen LogP contribution in [0.25, 0.3) is 11.3 Å². The SMILES string of the molecule is N#Cc1ccc(-c2csc(NC(=O)c3ccncc3)n2)cc1. The van der Waals surface area contributed by atoms with Crippen molar-refractivity contribution in [3.63, 3.8) is 0 Å². The molecule has 22 heavy (non-hydrogen) atoms. The van der Waals surface area contributed by atoms with Gasteiger partial charge in [0, 0.05) is 28.9 Å². The molecule has 0 fully saturated rings. The third kappa shape index (κ3) is 3.00. The molecule has 1 aromatic carbocycles. The Morgan fingerprint density at radius 3 is 2.55 bits per heavy atom. The Bertz CT molecular complexity index is 835. The van der Waals surface area contributed by atoms with Gasteiger partial charge in [-0.05, 0) is 24.3 Å². The minimum Gasteiger partial charge on any atom is -0.298 e. The van der Waals surface area contributed by atoms with E-state index >= 15 is 0 Å². The average Bonchev–Trinajstić information content (AvgIpc) is 3.04. The Balaban J connectivity index is 1.76. The van der Waals surface area contributed by atoms with Crippen LogP contribution >= 0.6 is 11.3 Å². The summed E-state index contributed by atoms with van der Waals surface area (Å²) in [4.78, 5) is 20.3. The summed E-state index contributed by atoms with van der Waals surface area (Å²) in [7, 11) is 0. The lowest BCUT2D eigenvalue weighted by Crippen LogP contribution is -2.11. The second-order valence-corrected chi connectivity index (χ2v) is 5.28. The largest absolute Gasteiger partial charge is 0.298 e. The summed E-state index contributed by atoms with van der Waals surface area (Å²) in [5.41, 5.74) is 2.80. The maximum absolute atomic E-state index is 12.0. The topological polar surface area (TPSA) is 78.7 Å². The zero-order chi connectivity index (χ0) is 15.4. The highest BCUT2D eigenvalue weighted by molar-refractivity contribution is 7.14. The van der Waals surface area contributed by atoms with E-state index in [0.717, 1.165) is 11.3 Å². The van der Waals surface area contributed by atoms with Crippen LogP contribution in [0.1, 0.15) is 15.9 Å². The van der Waals surface area contributed by atoms with E-state index in [9.17, 15) is 4.79 Å². The summed E-state index contributed by atoms with van der Waals surface area (Å²) in [5.74, 6) is -0.219. The van der Waals surface area contributed by atoms with Crippen molar-refractivity contribution in [1.82, 2.24) is 9.97 Å². The standard InChI is InChI=1S/C16H10N4OS/c17-9-11-1-3-12(4-2-11)14-10-22-16(19-14)20-15(21)13-5-7-18-8-6-13/h1-8,10H,(H,19,20,21). The zero-order valence-corrected chi connectivity index (χ0v) is 12.2. The molecule has 1 amide bonds. The van der Waals surface area contributed by atoms with Gasteiger partial charge in [0.15, 0.2) is 5.13 Å². The molecule has 0 aliphatic rings. The molecule has 0 aliphatic heterocycles. The quantitative estimate of drug-likeness (QED) is 0.805. The number of carbonyl (C=O) groups excluding carboxylic acids is 1. The monoisotopic (exact) mass is 306 g/mol. The molecule has 2 aromatic heterocycles. The molecule has 0 saturated heterocycles. The van der Waals surface area contributed by atoms with Crippen LogP contribution in [0.5, 0.6) is 0 Å². The van der Waals surface area contributed by atoms with Gasteiger partial charge in [-0.1, -0.05) is 12.1 Å². The molecule has 106 valence electrons. The number of hydrogen-bond donors (Lipinski definition) is 1. The first-order valence-corrected chi connectivity index (χ1v) is 7.31. The van der Waals surface area contributed by atoms with Crippen molar-refractivity contribution in [2.24, 2.45) is 0 Å². The summed E-state index contributed by atoms with van der Waals surface area (Å²) >= 11 is 1.35. The van der Waals surface area contributed by atoms with Crippen LogP contribution < -0.4 is 5.32 Å². The Morgan fingerprint density at radius 2 is 1.86 bits per heavy atom. The molecule has 3 rings (SSSR count). The fraction of sp³-hybridized carbons (Fsp3) is 0. The number of rotatable bonds is 3. The predicted octanol–water partition coefficient (Wildman–Crippen LogP) is 3.33. The van der Waals surface area contributed by atoms with Crippen LogP contribution in [-0.2, 0) is 0 Å². The summed E-state index contributed by atoms with van der Waals surface area (Å²) in [6.07, 6.45) is 3.14. The van der Waals surface area contributed by atoms with E-state index < -0.39 is 0 Å². The fourth-order valence-corrected chi connectivity index (χ4v) is 2.57. The van der Waals surface area contributed by atoms with Gasteiger partial charge < -0.3 is 0 Å². The van der Waals surface area contributed by atoms with Crippen molar-refractivity contribution in [3.05, 3.63) is 65.3 Å². The lowest BCUT2D eigenvalue weighted by atomic mass is 10.1. The molecule has 2 heterocycles. The lowest BCUT2D eigenvalue weighted by Gasteiger charge is -2.00. The van der Waals surface area contributed by atoms with E-state index in [0.29, 0.717) is 16.3 Å². The third-order valence-electron chi connectivity index (χ3n) is 2.98. The van der Waals surface area contributed by atoms with Gasteiger partial charge in [-0.15, -0.1) is 11.3 Å². The maximum atomic E-state index is 12.0. The summed E-state index contributed by atoms with van der Waals surface area (Å²) in [6, 6.07) is 12.5. The number of aromatic nitrogens is 2. The van der Waals surface area contributed by atoms with Crippen molar-refractivity contribution in [2.45, 2.75) is 0 Å². The molecular formula is C16H10N4OS. The normalized spacial score (nSPS) is 9.95. The second-order valence-electron chi connectivity index (χ2n) is 4.42. The second kappa shape index (κ2) is 6.16. The molecule has 0 spiro atoms. The minimum absolute atomic E-state index is 0.219. The fourth-order valence-electron chi connectivity index (χ4n) is 1.85. The number of nitrogens with one attached hydrogen (secondary N) is 1. The number of nitrogens with zero attached hydrogens (tertiary/aromatic N) is 3. The van der Waals surface area contributed by atoms with Crippen LogP contribution in [0.3, 0.4) is 0 Å². The molecule has 0 unspecified atom stereocenters. The van der Waals surface area contributed by atoms with Crippen molar-refractivity contribution in [1.29, 1.82) is 5.26 Å². The maximum Gasteiger partial charge on any atom is 0.257 e. The van der Waals surface area contributed by atoms with Crippen molar-refractivity contribution in [3.8, 4) is 17.3 Å². The van der Waals surface area contributed by atoms with E-state index in [1.165, 1.54) is 11.3 Å². The Labute approximate surface area is 130 Å². The van der Waals surface area contributed by atoms with E-state index in [1.807, 2.05) is 17.5 Å². The van der Waals surface area contributed by atoms with E-state index in [1.54, 1.807) is 36.7 Å². The van der Waals surface area contributed by atoms with E-state index in [-0.39, 0.29) is 5.91 Å². The van der Waals surface area contributed by atoms with Gasteiger partial charge in [0.2, 0.25) is 0 Å². The van der Waals surface area contributed by atoms with Gasteiger partial charge in [0.25, 0.3) is 5.91 Å². The molecule has 0 atom stereocenters. The summed E-state index contributed by atoms with van der Waals surface area (Å²) < 4.78 is 0. The van der Waals surface area contributed by atoms with Gasteiger partial charge in [0.1, 0.15) is 0 Å². The number of amides is 1. The number of carbonyl (C=O) groups is 1. The number of anilines is 1. The van der Waals surface area contributed by atoms with Gasteiger partial charge in [-0.25, -0.2) is 4.98 Å². The van der Waals surface area contributed by atoms with Crippen LogP contribution in [0.15, 0.2) is 54.2 Å². The molecule has 3 aromatic rings. The average molecular weight is 306 g/mol.